The van der Waals surface area contributed by atoms with Crippen LogP contribution in [0, 0.1) is 5.41 Å². The van der Waals surface area contributed by atoms with Crippen molar-refractivity contribution in [1.29, 1.82) is 0 Å². The average Bonchev–Trinajstić information content (AvgIpc) is 2.94. The Morgan fingerprint density at radius 2 is 1.74 bits per heavy atom. The Kier molecular flexibility index (Phi) is 6.98. The molecule has 4 N–H and O–H groups in total. The van der Waals surface area contributed by atoms with E-state index in [9.17, 15) is 22.2 Å². The number of hydrogen-bond acceptors (Lipinski definition) is 6. The lowest BCUT2D eigenvalue weighted by Crippen LogP contribution is -2.24. The molecule has 1 aromatic heterocycles. The summed E-state index contributed by atoms with van der Waals surface area (Å²) in [7, 11) is -1.76. The van der Waals surface area contributed by atoms with Crippen LogP contribution in [0.25, 0.3) is 5.69 Å². The lowest BCUT2D eigenvalue weighted by molar-refractivity contribution is -0.152. The van der Waals surface area contributed by atoms with Gasteiger partial charge in [0.2, 0.25) is 0 Å². The van der Waals surface area contributed by atoms with E-state index in [1.807, 2.05) is 0 Å². The van der Waals surface area contributed by atoms with Gasteiger partial charge in [0.1, 0.15) is 22.1 Å². The van der Waals surface area contributed by atoms with Crippen molar-refractivity contribution in [3.05, 3.63) is 33.4 Å². The molecule has 0 radical (unpaired) electrons. The number of rotatable bonds is 4. The molecule has 0 aliphatic rings. The number of hydrogen-bond donors (Lipinski definition) is 2. The van der Waals surface area contributed by atoms with E-state index in [0.717, 1.165) is 4.68 Å². The van der Waals surface area contributed by atoms with Crippen molar-refractivity contribution in [1.82, 2.24) is 9.78 Å². The second kappa shape index (κ2) is 8.67. The van der Waals surface area contributed by atoms with Gasteiger partial charge in [0.15, 0.2) is 5.84 Å². The van der Waals surface area contributed by atoms with Crippen molar-refractivity contribution in [2.75, 3.05) is 12.0 Å². The normalized spacial score (nSPS) is 13.9. The summed E-state index contributed by atoms with van der Waals surface area (Å²) in [6.45, 7) is 4.78. The van der Waals surface area contributed by atoms with Crippen LogP contribution in [0.15, 0.2) is 22.2 Å². The average molecular weight is 500 g/mol. The number of anilines is 1. The molecule has 0 saturated heterocycles. The number of nitrogens with zero attached hydrogens (tertiary/aromatic N) is 3. The highest BCUT2D eigenvalue weighted by atomic mass is 35.5. The Bertz CT molecular complexity index is 1070. The van der Waals surface area contributed by atoms with Crippen LogP contribution < -0.4 is 11.5 Å². The highest BCUT2D eigenvalue weighted by Crippen LogP contribution is 2.39. The van der Waals surface area contributed by atoms with Crippen molar-refractivity contribution in [2.45, 2.75) is 31.8 Å². The fraction of sp³-hybridized carbons (Fsp3) is 0.353. The van der Waals surface area contributed by atoms with Gasteiger partial charge in [-0.3, -0.25) is 4.21 Å². The van der Waals surface area contributed by atoms with Gasteiger partial charge >= 0.3 is 12.1 Å². The largest absolute Gasteiger partial charge is 0.416 e. The molecule has 2 aromatic rings. The molecule has 0 amide bonds. The van der Waals surface area contributed by atoms with Crippen LogP contribution in [-0.4, -0.2) is 32.1 Å². The number of benzene rings is 1. The van der Waals surface area contributed by atoms with Crippen LogP contribution >= 0.6 is 23.2 Å². The molecule has 1 atom stereocenters. The molecule has 0 bridgehead atoms. The zero-order valence-corrected chi connectivity index (χ0v) is 19.0. The Labute approximate surface area is 187 Å². The minimum atomic E-state index is -4.68. The topological polar surface area (TPSA) is 126 Å². The number of nitrogens with two attached hydrogens (primary N) is 2. The Morgan fingerprint density at radius 1 is 1.23 bits per heavy atom. The summed E-state index contributed by atoms with van der Waals surface area (Å²) in [5.74, 6) is -1.39. The van der Waals surface area contributed by atoms with Gasteiger partial charge in [0, 0.05) is 6.26 Å². The highest BCUT2D eigenvalue weighted by molar-refractivity contribution is 7.84. The monoisotopic (exact) mass is 499 g/mol. The maximum atomic E-state index is 13.0. The van der Waals surface area contributed by atoms with Gasteiger partial charge in [-0.25, -0.2) is 9.48 Å². The molecule has 1 heterocycles. The molecule has 0 aliphatic carbocycles. The highest BCUT2D eigenvalue weighted by Gasteiger charge is 2.33. The Morgan fingerprint density at radius 3 is 2.16 bits per heavy atom. The fourth-order valence-corrected chi connectivity index (χ4v) is 3.69. The van der Waals surface area contributed by atoms with Crippen molar-refractivity contribution in [2.24, 2.45) is 16.3 Å². The molecule has 8 nitrogen and oxygen atoms in total. The molecule has 0 saturated carbocycles. The van der Waals surface area contributed by atoms with E-state index in [2.05, 4.69) is 10.3 Å². The first-order chi connectivity index (χ1) is 14.1. The van der Waals surface area contributed by atoms with E-state index in [0.29, 0.717) is 12.1 Å². The number of oxime groups is 1. The Balaban J connectivity index is 2.64. The first kappa shape index (κ1) is 25.0. The minimum Gasteiger partial charge on any atom is -0.383 e. The quantitative estimate of drug-likeness (QED) is 0.285. The van der Waals surface area contributed by atoms with Gasteiger partial charge in [-0.2, -0.15) is 18.3 Å². The van der Waals surface area contributed by atoms with Crippen LogP contribution in [0.3, 0.4) is 0 Å². The van der Waals surface area contributed by atoms with Gasteiger partial charge in [0.25, 0.3) is 0 Å². The van der Waals surface area contributed by atoms with Crippen molar-refractivity contribution in [3.8, 4) is 5.69 Å². The number of amidine groups is 1. The third-order valence-electron chi connectivity index (χ3n) is 3.80. The molecule has 0 fully saturated rings. The van der Waals surface area contributed by atoms with E-state index in [1.54, 1.807) is 20.8 Å². The molecule has 14 heteroatoms. The van der Waals surface area contributed by atoms with E-state index < -0.39 is 49.8 Å². The summed E-state index contributed by atoms with van der Waals surface area (Å²) in [6, 6.07) is 1.30. The van der Waals surface area contributed by atoms with E-state index in [4.69, 9.17) is 39.5 Å². The van der Waals surface area contributed by atoms with E-state index in [1.165, 1.54) is 6.26 Å². The number of halogens is 5. The fourth-order valence-electron chi connectivity index (χ4n) is 2.24. The lowest BCUT2D eigenvalue weighted by Gasteiger charge is -2.13. The van der Waals surface area contributed by atoms with Crippen molar-refractivity contribution < 1.29 is 27.0 Å². The molecule has 1 unspecified atom stereocenters. The SMILES string of the molecule is CS(=O)c1c(C(N)=NOC(=O)C(C)(C)C)nn(-c2c(Cl)cc(C(F)(F)F)cc2Cl)c1N. The molecule has 1 aromatic carbocycles. The summed E-state index contributed by atoms with van der Waals surface area (Å²) in [5.41, 5.74) is 9.49. The standard InChI is InChI=1S/C17H18Cl2F3N5O3S/c1-16(2,3)15(28)30-26-13(23)10-12(31(4)29)14(24)27(25-10)11-8(18)5-7(6-9(11)19)17(20,21)22/h5-6H,24H2,1-4H3,(H2,23,26). The maximum absolute atomic E-state index is 13.0. The summed E-state index contributed by atoms with van der Waals surface area (Å²) in [4.78, 5) is 16.6. The van der Waals surface area contributed by atoms with Crippen LogP contribution in [-0.2, 0) is 26.6 Å². The second-order valence-electron chi connectivity index (χ2n) is 7.32. The molecular weight excluding hydrogens is 482 g/mol. The number of carbonyl (C=O) groups is 1. The molecule has 0 spiro atoms. The van der Waals surface area contributed by atoms with E-state index >= 15 is 0 Å². The van der Waals surface area contributed by atoms with Crippen LogP contribution in [0.5, 0.6) is 0 Å². The third kappa shape index (κ3) is 5.31. The van der Waals surface area contributed by atoms with Crippen molar-refractivity contribution >= 4 is 51.6 Å². The van der Waals surface area contributed by atoms with Gasteiger partial charge < -0.3 is 16.3 Å². The smallest absolute Gasteiger partial charge is 0.383 e. The van der Waals surface area contributed by atoms with Crippen LogP contribution in [0.4, 0.5) is 19.0 Å². The number of nitrogen functional groups attached to an aromatic ring is 1. The first-order valence-electron chi connectivity index (χ1n) is 8.39. The maximum Gasteiger partial charge on any atom is 0.416 e. The summed E-state index contributed by atoms with van der Waals surface area (Å²) >= 11 is 12.0. The number of alkyl halides is 3. The zero-order valence-electron chi connectivity index (χ0n) is 16.7. The minimum absolute atomic E-state index is 0.0971. The van der Waals surface area contributed by atoms with Crippen molar-refractivity contribution in [3.63, 3.8) is 0 Å². The van der Waals surface area contributed by atoms with E-state index in [-0.39, 0.29) is 22.1 Å². The van der Waals surface area contributed by atoms with Gasteiger partial charge in [-0.15, -0.1) is 0 Å². The predicted octanol–water partition coefficient (Wildman–Crippen LogP) is 3.73. The molecular formula is C17H18Cl2F3N5O3S. The summed E-state index contributed by atoms with van der Waals surface area (Å²) < 4.78 is 52.1. The second-order valence-corrected chi connectivity index (χ2v) is 9.45. The molecule has 31 heavy (non-hydrogen) atoms. The van der Waals surface area contributed by atoms with Crippen LogP contribution in [0.1, 0.15) is 32.0 Å². The summed E-state index contributed by atoms with van der Waals surface area (Å²) in [5, 5.41) is 6.74. The lowest BCUT2D eigenvalue weighted by atomic mass is 9.98. The molecule has 170 valence electrons. The van der Waals surface area contributed by atoms with Crippen LogP contribution in [0.2, 0.25) is 10.0 Å². The van der Waals surface area contributed by atoms with Gasteiger partial charge in [0.05, 0.1) is 31.8 Å². The van der Waals surface area contributed by atoms with Gasteiger partial charge in [-0.1, -0.05) is 28.4 Å². The summed E-state index contributed by atoms with van der Waals surface area (Å²) in [6.07, 6.45) is -3.41. The Hall–Kier alpha value is -2.31. The number of aromatic nitrogens is 2. The molecule has 2 rings (SSSR count). The number of carbonyl (C=O) groups excluding carboxylic acids is 1. The predicted molar refractivity (Wildman–Crippen MR) is 112 cm³/mol. The molecule has 0 aliphatic heterocycles. The van der Waals surface area contributed by atoms with Gasteiger partial charge in [-0.05, 0) is 32.9 Å². The third-order valence-corrected chi connectivity index (χ3v) is 5.35. The first-order valence-corrected chi connectivity index (χ1v) is 10.7. The zero-order chi connectivity index (χ0) is 23.9.